The molecule has 0 aliphatic carbocycles. The predicted octanol–water partition coefficient (Wildman–Crippen LogP) is 3.23. The third kappa shape index (κ3) is 5.84. The fourth-order valence-electron chi connectivity index (χ4n) is 2.16. The van der Waals surface area contributed by atoms with Gasteiger partial charge >= 0.3 is 0 Å². The van der Waals surface area contributed by atoms with Crippen LogP contribution >= 0.6 is 0 Å². The van der Waals surface area contributed by atoms with E-state index in [1.807, 2.05) is 24.8 Å². The van der Waals surface area contributed by atoms with Crippen molar-refractivity contribution < 1.29 is 17.5 Å². The first-order valence-electron chi connectivity index (χ1n) is 7.84. The molecule has 0 unspecified atom stereocenters. The van der Waals surface area contributed by atoms with E-state index in [1.165, 1.54) is 29.8 Å². The molecule has 0 saturated heterocycles. The van der Waals surface area contributed by atoms with Gasteiger partial charge in [-0.3, -0.25) is 4.98 Å². The second kappa shape index (κ2) is 8.94. The molecule has 0 radical (unpaired) electrons. The van der Waals surface area contributed by atoms with Crippen LogP contribution in [-0.4, -0.2) is 18.0 Å². The lowest BCUT2D eigenvalue weighted by Crippen LogP contribution is -2.30. The van der Waals surface area contributed by atoms with Gasteiger partial charge in [-0.05, 0) is 28.8 Å². The maximum Gasteiger partial charge on any atom is 0.241 e. The van der Waals surface area contributed by atoms with Crippen LogP contribution in [-0.2, 0) is 16.7 Å². The van der Waals surface area contributed by atoms with E-state index < -0.39 is 10.1 Å². The lowest BCUT2D eigenvalue weighted by atomic mass is 10.1. The molecule has 1 aromatic heterocycles. The zero-order chi connectivity index (χ0) is 19.0. The molecule has 1 N–H and O–H groups in total. The number of benzene rings is 2. The number of imidazole rings is 1. The van der Waals surface area contributed by atoms with Crippen LogP contribution in [0.5, 0.6) is 0 Å². The summed E-state index contributed by atoms with van der Waals surface area (Å²) in [5.74, 6) is 0. The highest BCUT2D eigenvalue weighted by atomic mass is 32.2. The first kappa shape index (κ1) is 19.4. The summed E-state index contributed by atoms with van der Waals surface area (Å²) in [5, 5.41) is 0. The first-order chi connectivity index (χ1) is 12.4. The largest absolute Gasteiger partial charge is 0.744 e. The van der Waals surface area contributed by atoms with Crippen LogP contribution in [0.3, 0.4) is 0 Å². The Balaban J connectivity index is 0.000000190. The molecule has 6 heteroatoms. The van der Waals surface area contributed by atoms with Gasteiger partial charge in [0.2, 0.25) is 6.33 Å². The van der Waals surface area contributed by atoms with Crippen LogP contribution < -0.4 is 4.57 Å². The summed E-state index contributed by atoms with van der Waals surface area (Å²) >= 11 is 0. The minimum atomic E-state index is -4.31. The van der Waals surface area contributed by atoms with Gasteiger partial charge in [-0.1, -0.05) is 61.7 Å². The fraction of sp³-hybridized carbons (Fsp3) is 0.0500. The number of aromatic amines is 1. The Morgan fingerprint density at radius 1 is 0.962 bits per heavy atom. The summed E-state index contributed by atoms with van der Waals surface area (Å²) in [6.07, 6.45) is 9.30. The Morgan fingerprint density at radius 2 is 1.50 bits per heavy atom. The normalized spacial score (nSPS) is 10.5. The number of hydrogen-bond acceptors (Lipinski definition) is 3. The van der Waals surface area contributed by atoms with E-state index in [1.54, 1.807) is 6.08 Å². The highest BCUT2D eigenvalue weighted by Crippen LogP contribution is 2.10. The SMILES string of the molecule is C=Cc1ccc(C[n+]2cc[nH]c2)cc1.C=Cc1ccc(S(=O)(=O)[O-])cc1. The van der Waals surface area contributed by atoms with Gasteiger partial charge in [0.05, 0.1) is 4.90 Å². The summed E-state index contributed by atoms with van der Waals surface area (Å²) in [7, 11) is -4.31. The molecular weight excluding hydrogens is 348 g/mol. The van der Waals surface area contributed by atoms with Crippen molar-refractivity contribution in [1.29, 1.82) is 0 Å². The molecule has 3 rings (SSSR count). The second-order valence-electron chi connectivity index (χ2n) is 5.46. The molecule has 0 atom stereocenters. The number of nitrogens with zero attached hydrogens (tertiary/aromatic N) is 1. The van der Waals surface area contributed by atoms with Crippen molar-refractivity contribution in [1.82, 2.24) is 4.98 Å². The van der Waals surface area contributed by atoms with Crippen LogP contribution in [0, 0.1) is 0 Å². The Bertz CT molecular complexity index is 943. The number of H-pyrrole nitrogens is 1. The summed E-state index contributed by atoms with van der Waals surface area (Å²) in [4.78, 5) is 2.80. The molecule has 0 bridgehead atoms. The Labute approximate surface area is 153 Å². The van der Waals surface area contributed by atoms with Gasteiger partial charge in [-0.25, -0.2) is 13.0 Å². The van der Waals surface area contributed by atoms with E-state index in [2.05, 4.69) is 47.0 Å². The maximum atomic E-state index is 10.5. The summed E-state index contributed by atoms with van der Waals surface area (Å²) in [6, 6.07) is 14.0. The van der Waals surface area contributed by atoms with Gasteiger partial charge < -0.3 is 4.55 Å². The van der Waals surface area contributed by atoms with Crippen molar-refractivity contribution in [2.24, 2.45) is 0 Å². The number of hydrogen-bond donors (Lipinski definition) is 1. The van der Waals surface area contributed by atoms with Crippen molar-refractivity contribution in [3.05, 3.63) is 97.1 Å². The smallest absolute Gasteiger partial charge is 0.241 e. The van der Waals surface area contributed by atoms with Crippen molar-refractivity contribution in [3.8, 4) is 0 Å². The zero-order valence-corrected chi connectivity index (χ0v) is 15.0. The summed E-state index contributed by atoms with van der Waals surface area (Å²) < 4.78 is 33.5. The number of rotatable bonds is 5. The molecule has 26 heavy (non-hydrogen) atoms. The fourth-order valence-corrected chi connectivity index (χ4v) is 2.63. The van der Waals surface area contributed by atoms with E-state index in [9.17, 15) is 13.0 Å². The Morgan fingerprint density at radius 3 is 1.92 bits per heavy atom. The summed E-state index contributed by atoms with van der Waals surface area (Å²) in [5.41, 5.74) is 3.23. The highest BCUT2D eigenvalue weighted by Gasteiger charge is 1.99. The predicted molar refractivity (Wildman–Crippen MR) is 101 cm³/mol. The molecule has 0 amide bonds. The van der Waals surface area contributed by atoms with Gasteiger partial charge in [-0.15, -0.1) is 0 Å². The third-order valence-corrected chi connectivity index (χ3v) is 4.44. The molecule has 1 heterocycles. The van der Waals surface area contributed by atoms with Crippen molar-refractivity contribution in [2.75, 3.05) is 0 Å². The van der Waals surface area contributed by atoms with Gasteiger partial charge in [-0.2, -0.15) is 0 Å². The van der Waals surface area contributed by atoms with Crippen LogP contribution in [0.1, 0.15) is 16.7 Å². The Hall–Kier alpha value is -2.96. The topological polar surface area (TPSA) is 76.9 Å². The lowest BCUT2D eigenvalue weighted by molar-refractivity contribution is -0.687. The molecular formula is C20H20N2O3S. The molecule has 5 nitrogen and oxygen atoms in total. The highest BCUT2D eigenvalue weighted by molar-refractivity contribution is 7.85. The van der Waals surface area contributed by atoms with E-state index >= 15 is 0 Å². The number of nitrogens with one attached hydrogen (secondary N) is 1. The second-order valence-corrected chi connectivity index (χ2v) is 6.84. The standard InChI is InChI=1S/C12H12N2.C8H8O3S/c1-2-11-3-5-12(6-4-11)9-14-8-7-13-10-14;1-2-7-3-5-8(6-4-7)12(9,10)11/h2-8,10H,1,9H2;2-6H,1H2,(H,9,10,11). The summed E-state index contributed by atoms with van der Waals surface area (Å²) in [6.45, 7) is 8.13. The first-order valence-corrected chi connectivity index (χ1v) is 9.25. The molecule has 0 fully saturated rings. The number of aromatic nitrogens is 2. The molecule has 0 aliphatic heterocycles. The molecule has 3 aromatic rings. The minimum absolute atomic E-state index is 0.215. The van der Waals surface area contributed by atoms with Crippen LogP contribution in [0.15, 0.2) is 85.3 Å². The van der Waals surface area contributed by atoms with Gasteiger partial charge in [0, 0.05) is 0 Å². The average Bonchev–Trinajstić information content (AvgIpc) is 3.15. The van der Waals surface area contributed by atoms with Gasteiger partial charge in [0.25, 0.3) is 0 Å². The monoisotopic (exact) mass is 368 g/mol. The van der Waals surface area contributed by atoms with E-state index in [4.69, 9.17) is 0 Å². The van der Waals surface area contributed by atoms with Gasteiger partial charge in [0.15, 0.2) is 0 Å². The molecule has 2 aromatic carbocycles. The van der Waals surface area contributed by atoms with Crippen molar-refractivity contribution >= 4 is 22.3 Å². The van der Waals surface area contributed by atoms with E-state index in [0.29, 0.717) is 0 Å². The minimum Gasteiger partial charge on any atom is -0.744 e. The quantitative estimate of drug-likeness (QED) is 0.555. The molecule has 0 spiro atoms. The zero-order valence-electron chi connectivity index (χ0n) is 14.2. The van der Waals surface area contributed by atoms with Gasteiger partial charge in [0.1, 0.15) is 29.1 Å². The van der Waals surface area contributed by atoms with Crippen molar-refractivity contribution in [3.63, 3.8) is 0 Å². The van der Waals surface area contributed by atoms with Crippen molar-refractivity contribution in [2.45, 2.75) is 11.4 Å². The van der Waals surface area contributed by atoms with Crippen LogP contribution in [0.4, 0.5) is 0 Å². The van der Waals surface area contributed by atoms with Crippen LogP contribution in [0.25, 0.3) is 12.2 Å². The Kier molecular flexibility index (Phi) is 6.66. The molecule has 134 valence electrons. The molecule has 0 saturated carbocycles. The maximum absolute atomic E-state index is 10.5. The average molecular weight is 368 g/mol. The van der Waals surface area contributed by atoms with E-state index in [0.717, 1.165) is 17.7 Å². The van der Waals surface area contributed by atoms with Crippen LogP contribution in [0.2, 0.25) is 0 Å². The third-order valence-electron chi connectivity index (χ3n) is 3.59. The van der Waals surface area contributed by atoms with E-state index in [-0.39, 0.29) is 4.90 Å². The lowest BCUT2D eigenvalue weighted by Gasteiger charge is -2.05. The molecule has 0 aliphatic rings.